The van der Waals surface area contributed by atoms with Crippen molar-refractivity contribution >= 4 is 28.6 Å². The standard InChI is InChI=1S/C17H17N3OS2/c18-16(21)13-4-1-3-12(9-13)6-7-19-10-14-11-20-17(23-14)15-5-2-8-22-15/h1-5,8-9,11,19H,6-7,10H2,(H2,18,21). The van der Waals surface area contributed by atoms with Crippen molar-refractivity contribution in [2.24, 2.45) is 5.73 Å². The van der Waals surface area contributed by atoms with Gasteiger partial charge in [0.15, 0.2) is 0 Å². The average Bonchev–Trinajstić information content (AvgIpc) is 3.23. The normalized spacial score (nSPS) is 10.8. The smallest absolute Gasteiger partial charge is 0.248 e. The van der Waals surface area contributed by atoms with Gasteiger partial charge in [-0.15, -0.1) is 22.7 Å². The highest BCUT2D eigenvalue weighted by molar-refractivity contribution is 7.20. The highest BCUT2D eigenvalue weighted by atomic mass is 32.1. The molecule has 0 aliphatic rings. The maximum atomic E-state index is 11.2. The summed E-state index contributed by atoms with van der Waals surface area (Å²) in [5.74, 6) is -0.384. The minimum absolute atomic E-state index is 0.384. The van der Waals surface area contributed by atoms with E-state index in [-0.39, 0.29) is 5.91 Å². The highest BCUT2D eigenvalue weighted by Gasteiger charge is 2.05. The van der Waals surface area contributed by atoms with Gasteiger partial charge in [0.1, 0.15) is 5.01 Å². The monoisotopic (exact) mass is 343 g/mol. The van der Waals surface area contributed by atoms with Crippen LogP contribution in [-0.4, -0.2) is 17.4 Å². The Hall–Kier alpha value is -2.02. The molecule has 23 heavy (non-hydrogen) atoms. The van der Waals surface area contributed by atoms with Crippen molar-refractivity contribution in [3.8, 4) is 9.88 Å². The van der Waals surface area contributed by atoms with Crippen LogP contribution in [0.15, 0.2) is 48.0 Å². The second-order valence-electron chi connectivity index (χ2n) is 5.10. The lowest BCUT2D eigenvalue weighted by atomic mass is 10.1. The second kappa shape index (κ2) is 7.50. The van der Waals surface area contributed by atoms with Crippen molar-refractivity contribution in [1.82, 2.24) is 10.3 Å². The van der Waals surface area contributed by atoms with E-state index >= 15 is 0 Å². The number of benzene rings is 1. The number of hydrogen-bond acceptors (Lipinski definition) is 5. The van der Waals surface area contributed by atoms with E-state index in [1.165, 1.54) is 9.75 Å². The summed E-state index contributed by atoms with van der Waals surface area (Å²) in [5.41, 5.74) is 6.97. The topological polar surface area (TPSA) is 68.0 Å². The van der Waals surface area contributed by atoms with Crippen molar-refractivity contribution in [1.29, 1.82) is 0 Å². The van der Waals surface area contributed by atoms with Gasteiger partial charge in [0.25, 0.3) is 0 Å². The number of amides is 1. The number of nitrogens with zero attached hydrogens (tertiary/aromatic N) is 1. The van der Waals surface area contributed by atoms with Crippen LogP contribution in [0, 0.1) is 0 Å². The lowest BCUT2D eigenvalue weighted by molar-refractivity contribution is 0.1000. The molecule has 2 aromatic heterocycles. The Bertz CT molecular complexity index is 781. The van der Waals surface area contributed by atoms with E-state index < -0.39 is 0 Å². The summed E-state index contributed by atoms with van der Waals surface area (Å²) in [7, 11) is 0. The van der Waals surface area contributed by atoms with Crippen LogP contribution in [0.1, 0.15) is 20.8 Å². The third-order valence-corrected chi connectivity index (χ3v) is 5.42. The summed E-state index contributed by atoms with van der Waals surface area (Å²) >= 11 is 3.43. The van der Waals surface area contributed by atoms with Crippen LogP contribution in [0.25, 0.3) is 9.88 Å². The van der Waals surface area contributed by atoms with Crippen LogP contribution in [0.3, 0.4) is 0 Å². The molecule has 1 amide bonds. The molecule has 1 aromatic carbocycles. The Morgan fingerprint density at radius 2 is 2.17 bits per heavy atom. The predicted molar refractivity (Wildman–Crippen MR) is 95.8 cm³/mol. The van der Waals surface area contributed by atoms with E-state index in [1.54, 1.807) is 28.7 Å². The molecule has 0 aliphatic carbocycles. The van der Waals surface area contributed by atoms with E-state index in [1.807, 2.05) is 30.5 Å². The molecule has 118 valence electrons. The Morgan fingerprint density at radius 3 is 2.96 bits per heavy atom. The Balaban J connectivity index is 1.48. The highest BCUT2D eigenvalue weighted by Crippen LogP contribution is 2.28. The summed E-state index contributed by atoms with van der Waals surface area (Å²) in [6.07, 6.45) is 2.79. The summed E-state index contributed by atoms with van der Waals surface area (Å²) in [5, 5.41) is 6.55. The lowest BCUT2D eigenvalue weighted by Gasteiger charge is -2.04. The van der Waals surface area contributed by atoms with Crippen molar-refractivity contribution in [2.45, 2.75) is 13.0 Å². The number of aromatic nitrogens is 1. The van der Waals surface area contributed by atoms with E-state index in [0.29, 0.717) is 5.56 Å². The third kappa shape index (κ3) is 4.25. The number of hydrogen-bond donors (Lipinski definition) is 2. The fourth-order valence-corrected chi connectivity index (χ4v) is 3.91. The zero-order valence-electron chi connectivity index (χ0n) is 12.5. The molecule has 0 aliphatic heterocycles. The SMILES string of the molecule is NC(=O)c1cccc(CCNCc2cnc(-c3cccs3)s2)c1. The molecule has 0 spiro atoms. The van der Waals surface area contributed by atoms with Gasteiger partial charge >= 0.3 is 0 Å². The lowest BCUT2D eigenvalue weighted by Crippen LogP contribution is -2.16. The molecule has 4 nitrogen and oxygen atoms in total. The maximum absolute atomic E-state index is 11.2. The zero-order chi connectivity index (χ0) is 16.1. The Morgan fingerprint density at radius 1 is 1.26 bits per heavy atom. The molecule has 6 heteroatoms. The molecule has 0 radical (unpaired) electrons. The van der Waals surface area contributed by atoms with E-state index in [2.05, 4.69) is 21.7 Å². The van der Waals surface area contributed by atoms with Gasteiger partial charge in [-0.2, -0.15) is 0 Å². The quantitative estimate of drug-likeness (QED) is 0.647. The fraction of sp³-hybridized carbons (Fsp3) is 0.176. The minimum atomic E-state index is -0.384. The van der Waals surface area contributed by atoms with E-state index in [0.717, 1.165) is 30.1 Å². The Kier molecular flexibility index (Phi) is 5.17. The number of thiophene rings is 1. The van der Waals surface area contributed by atoms with Gasteiger partial charge in [-0.3, -0.25) is 4.79 Å². The first kappa shape index (κ1) is 15.9. The third-order valence-electron chi connectivity index (χ3n) is 3.39. The molecule has 0 bridgehead atoms. The minimum Gasteiger partial charge on any atom is -0.366 e. The number of primary amides is 1. The Labute approximate surface area is 143 Å². The molecule has 3 N–H and O–H groups in total. The van der Waals surface area contributed by atoms with Crippen LogP contribution in [0.2, 0.25) is 0 Å². The molecule has 3 aromatic rings. The van der Waals surface area contributed by atoms with Crippen molar-refractivity contribution in [2.75, 3.05) is 6.54 Å². The largest absolute Gasteiger partial charge is 0.366 e. The average molecular weight is 343 g/mol. The number of rotatable bonds is 7. The molecular weight excluding hydrogens is 326 g/mol. The van der Waals surface area contributed by atoms with Crippen molar-refractivity contribution < 1.29 is 4.79 Å². The number of nitrogens with two attached hydrogens (primary N) is 1. The first-order valence-electron chi connectivity index (χ1n) is 7.30. The molecule has 0 saturated carbocycles. The molecule has 0 atom stereocenters. The van der Waals surface area contributed by atoms with Crippen LogP contribution < -0.4 is 11.1 Å². The summed E-state index contributed by atoms with van der Waals surface area (Å²) in [4.78, 5) is 18.1. The van der Waals surface area contributed by atoms with Crippen LogP contribution >= 0.6 is 22.7 Å². The summed E-state index contributed by atoms with van der Waals surface area (Å²) in [6.45, 7) is 1.65. The number of carbonyl (C=O) groups excluding carboxylic acids is 1. The number of carbonyl (C=O) groups is 1. The predicted octanol–water partition coefficient (Wildman–Crippen LogP) is 3.30. The number of nitrogens with one attached hydrogen (secondary N) is 1. The van der Waals surface area contributed by atoms with Crippen LogP contribution in [0.5, 0.6) is 0 Å². The van der Waals surface area contributed by atoms with Gasteiger partial charge < -0.3 is 11.1 Å². The van der Waals surface area contributed by atoms with Gasteiger partial charge in [-0.1, -0.05) is 18.2 Å². The van der Waals surface area contributed by atoms with Gasteiger partial charge in [-0.05, 0) is 42.1 Å². The molecule has 0 fully saturated rings. The molecule has 2 heterocycles. The van der Waals surface area contributed by atoms with Gasteiger partial charge in [-0.25, -0.2) is 4.98 Å². The van der Waals surface area contributed by atoms with E-state index in [9.17, 15) is 4.79 Å². The molecule has 0 unspecified atom stereocenters. The van der Waals surface area contributed by atoms with E-state index in [4.69, 9.17) is 5.73 Å². The first-order valence-corrected chi connectivity index (χ1v) is 9.00. The fourth-order valence-electron chi connectivity index (χ4n) is 2.23. The molecular formula is C17H17N3OS2. The van der Waals surface area contributed by atoms with Gasteiger partial charge in [0.2, 0.25) is 5.91 Å². The molecule has 0 saturated heterocycles. The van der Waals surface area contributed by atoms with Crippen LogP contribution in [-0.2, 0) is 13.0 Å². The summed E-state index contributed by atoms with van der Waals surface area (Å²) < 4.78 is 0. The second-order valence-corrected chi connectivity index (χ2v) is 7.16. The van der Waals surface area contributed by atoms with Gasteiger partial charge in [0.05, 0.1) is 4.88 Å². The summed E-state index contributed by atoms with van der Waals surface area (Å²) in [6, 6.07) is 11.6. The zero-order valence-corrected chi connectivity index (χ0v) is 14.1. The maximum Gasteiger partial charge on any atom is 0.248 e. The van der Waals surface area contributed by atoms with Crippen molar-refractivity contribution in [3.05, 3.63) is 64.0 Å². The molecule has 3 rings (SSSR count). The van der Waals surface area contributed by atoms with Crippen LogP contribution in [0.4, 0.5) is 0 Å². The van der Waals surface area contributed by atoms with Crippen molar-refractivity contribution in [3.63, 3.8) is 0 Å². The number of thiazole rings is 1. The van der Waals surface area contributed by atoms with Gasteiger partial charge in [0, 0.05) is 23.2 Å². The first-order chi connectivity index (χ1) is 11.2.